The summed E-state index contributed by atoms with van der Waals surface area (Å²) in [4.78, 5) is 0. The molecular formula is C24H30NO4+. The summed E-state index contributed by atoms with van der Waals surface area (Å²) in [7, 11) is 6.82. The Morgan fingerprint density at radius 3 is 2.34 bits per heavy atom. The fraction of sp³-hybridized carbons (Fsp3) is 0.417. The second-order valence-corrected chi connectivity index (χ2v) is 7.89. The van der Waals surface area contributed by atoms with Gasteiger partial charge in [0.05, 0.1) is 47.1 Å². The largest absolute Gasteiger partial charge is 0.493 e. The van der Waals surface area contributed by atoms with E-state index in [2.05, 4.69) is 30.9 Å². The Morgan fingerprint density at radius 2 is 1.69 bits per heavy atom. The molecule has 2 aliphatic rings. The van der Waals surface area contributed by atoms with Crippen LogP contribution in [0.2, 0.25) is 0 Å². The topological polar surface area (TPSA) is 36.9 Å². The van der Waals surface area contributed by atoms with E-state index in [4.69, 9.17) is 18.9 Å². The first kappa shape index (κ1) is 19.6. The van der Waals surface area contributed by atoms with Crippen LogP contribution in [0.1, 0.15) is 28.3 Å². The molecule has 0 spiro atoms. The minimum absolute atomic E-state index is 0.349. The van der Waals surface area contributed by atoms with Gasteiger partial charge in [-0.25, -0.2) is 0 Å². The van der Waals surface area contributed by atoms with E-state index in [1.54, 1.807) is 28.4 Å². The molecule has 2 unspecified atom stereocenters. The Bertz CT molecular complexity index is 939. The molecule has 0 radical (unpaired) electrons. The fourth-order valence-electron chi connectivity index (χ4n) is 5.21. The number of rotatable bonds is 6. The van der Waals surface area contributed by atoms with E-state index in [1.807, 2.05) is 6.07 Å². The van der Waals surface area contributed by atoms with Crippen molar-refractivity contribution in [3.63, 3.8) is 0 Å². The predicted octanol–water partition coefficient (Wildman–Crippen LogP) is 4.08. The Labute approximate surface area is 173 Å². The van der Waals surface area contributed by atoms with Crippen LogP contribution in [-0.4, -0.2) is 46.0 Å². The molecule has 2 aromatic rings. The van der Waals surface area contributed by atoms with E-state index in [1.165, 1.54) is 22.3 Å². The van der Waals surface area contributed by atoms with Gasteiger partial charge in [0.1, 0.15) is 12.6 Å². The smallest absolute Gasteiger partial charge is 0.169 e. The molecule has 0 saturated heterocycles. The maximum absolute atomic E-state index is 5.78. The van der Waals surface area contributed by atoms with Crippen molar-refractivity contribution in [2.24, 2.45) is 0 Å². The number of hydrogen-bond donors (Lipinski definition) is 0. The maximum atomic E-state index is 5.78. The Hall–Kier alpha value is -2.66. The van der Waals surface area contributed by atoms with E-state index in [-0.39, 0.29) is 0 Å². The van der Waals surface area contributed by atoms with Gasteiger partial charge in [0.2, 0.25) is 0 Å². The third-order valence-corrected chi connectivity index (χ3v) is 6.62. The number of hydrogen-bond acceptors (Lipinski definition) is 4. The molecule has 2 aliphatic heterocycles. The van der Waals surface area contributed by atoms with Gasteiger partial charge in [-0.1, -0.05) is 12.6 Å². The van der Waals surface area contributed by atoms with E-state index in [9.17, 15) is 0 Å². The van der Waals surface area contributed by atoms with Crippen LogP contribution >= 0.6 is 0 Å². The molecule has 4 rings (SSSR count). The summed E-state index contributed by atoms with van der Waals surface area (Å²) in [6, 6.07) is 8.89. The fourth-order valence-corrected chi connectivity index (χ4v) is 5.21. The highest BCUT2D eigenvalue weighted by Gasteiger charge is 2.46. The van der Waals surface area contributed by atoms with Crippen molar-refractivity contribution in [1.29, 1.82) is 0 Å². The van der Waals surface area contributed by atoms with Crippen LogP contribution in [0.15, 0.2) is 36.9 Å². The third kappa shape index (κ3) is 3.04. The lowest BCUT2D eigenvalue weighted by molar-refractivity contribution is -0.968. The van der Waals surface area contributed by atoms with Gasteiger partial charge in [-0.05, 0) is 35.4 Å². The van der Waals surface area contributed by atoms with Gasteiger partial charge in [0.25, 0.3) is 0 Å². The summed E-state index contributed by atoms with van der Waals surface area (Å²) in [6.07, 6.45) is 4.00. The van der Waals surface area contributed by atoms with Crippen LogP contribution in [0.5, 0.6) is 23.0 Å². The van der Waals surface area contributed by atoms with Crippen LogP contribution in [-0.2, 0) is 19.4 Å². The predicted molar refractivity (Wildman–Crippen MR) is 113 cm³/mol. The molecule has 0 saturated carbocycles. The van der Waals surface area contributed by atoms with E-state index in [0.717, 1.165) is 60.0 Å². The SMILES string of the molecule is C=CC[N+]12CCc3cc(OC)c(OC)cc3C1Cc1ccc(OC)c(OC)c1C2. The number of methoxy groups -OCH3 is 4. The Balaban J connectivity index is 1.87. The summed E-state index contributed by atoms with van der Waals surface area (Å²) < 4.78 is 23.5. The summed E-state index contributed by atoms with van der Waals surface area (Å²) in [5.41, 5.74) is 5.30. The van der Waals surface area contributed by atoms with E-state index >= 15 is 0 Å². The monoisotopic (exact) mass is 396 g/mol. The Morgan fingerprint density at radius 1 is 0.966 bits per heavy atom. The summed E-state index contributed by atoms with van der Waals surface area (Å²) in [5, 5.41) is 0. The second-order valence-electron chi connectivity index (χ2n) is 7.89. The maximum Gasteiger partial charge on any atom is 0.169 e. The lowest BCUT2D eigenvalue weighted by Crippen LogP contribution is -2.56. The van der Waals surface area contributed by atoms with Crippen molar-refractivity contribution in [3.05, 3.63) is 59.2 Å². The molecule has 0 amide bonds. The van der Waals surface area contributed by atoms with Gasteiger partial charge < -0.3 is 23.4 Å². The number of fused-ring (bicyclic) bond motifs is 4. The zero-order valence-electron chi connectivity index (χ0n) is 17.8. The molecule has 29 heavy (non-hydrogen) atoms. The highest BCUT2D eigenvalue weighted by Crippen LogP contribution is 2.49. The quantitative estimate of drug-likeness (QED) is 0.545. The van der Waals surface area contributed by atoms with Crippen LogP contribution in [0.4, 0.5) is 0 Å². The summed E-state index contributed by atoms with van der Waals surface area (Å²) in [5.74, 6) is 3.26. The van der Waals surface area contributed by atoms with Gasteiger partial charge in [0, 0.05) is 18.4 Å². The molecule has 0 aliphatic carbocycles. The van der Waals surface area contributed by atoms with Gasteiger partial charge in [0.15, 0.2) is 23.0 Å². The average Bonchev–Trinajstić information content (AvgIpc) is 2.76. The molecular weight excluding hydrogens is 366 g/mol. The van der Waals surface area contributed by atoms with Gasteiger partial charge in [-0.15, -0.1) is 0 Å². The normalized spacial score (nSPS) is 22.0. The van der Waals surface area contributed by atoms with Crippen LogP contribution in [0, 0.1) is 0 Å². The minimum atomic E-state index is 0.349. The summed E-state index contributed by atoms with van der Waals surface area (Å²) >= 11 is 0. The number of benzene rings is 2. The lowest BCUT2D eigenvalue weighted by atomic mass is 9.80. The van der Waals surface area contributed by atoms with Crippen molar-refractivity contribution in [2.75, 3.05) is 41.5 Å². The molecule has 2 atom stereocenters. The lowest BCUT2D eigenvalue weighted by Gasteiger charge is -2.51. The van der Waals surface area contributed by atoms with E-state index in [0.29, 0.717) is 6.04 Å². The molecule has 2 aromatic carbocycles. The first-order chi connectivity index (χ1) is 14.1. The third-order valence-electron chi connectivity index (χ3n) is 6.62. The zero-order chi connectivity index (χ0) is 20.6. The molecule has 154 valence electrons. The van der Waals surface area contributed by atoms with Crippen molar-refractivity contribution in [1.82, 2.24) is 0 Å². The van der Waals surface area contributed by atoms with Gasteiger partial charge >= 0.3 is 0 Å². The molecule has 5 heteroatoms. The number of quaternary nitrogens is 1. The Kier molecular flexibility index (Phi) is 5.17. The molecule has 0 aromatic heterocycles. The molecule has 5 nitrogen and oxygen atoms in total. The van der Waals surface area contributed by atoms with Crippen molar-refractivity contribution in [2.45, 2.75) is 25.4 Å². The van der Waals surface area contributed by atoms with Crippen LogP contribution in [0.3, 0.4) is 0 Å². The molecule has 0 N–H and O–H groups in total. The molecule has 2 heterocycles. The minimum Gasteiger partial charge on any atom is -0.493 e. The van der Waals surface area contributed by atoms with Crippen LogP contribution < -0.4 is 18.9 Å². The van der Waals surface area contributed by atoms with E-state index < -0.39 is 0 Å². The molecule has 0 fully saturated rings. The van der Waals surface area contributed by atoms with Gasteiger partial charge in [-0.2, -0.15) is 0 Å². The highest BCUT2D eigenvalue weighted by atomic mass is 16.5. The zero-order valence-corrected chi connectivity index (χ0v) is 17.8. The first-order valence-corrected chi connectivity index (χ1v) is 10.0. The first-order valence-electron chi connectivity index (χ1n) is 10.0. The molecule has 0 bridgehead atoms. The van der Waals surface area contributed by atoms with Crippen molar-refractivity contribution < 1.29 is 23.4 Å². The number of ether oxygens (including phenoxy) is 4. The highest BCUT2D eigenvalue weighted by molar-refractivity contribution is 5.53. The standard InChI is InChI=1S/C24H30NO4/c1-6-10-25-11-9-17-13-22(27-3)23(28-4)14-18(17)20(25)12-16-7-8-21(26-2)24(29-5)19(16)15-25/h6-8,13-14,20H,1,9-12,15H2,2-5H3/q+1. The van der Waals surface area contributed by atoms with Gasteiger partial charge in [-0.3, -0.25) is 0 Å². The number of nitrogens with zero attached hydrogens (tertiary/aromatic N) is 1. The average molecular weight is 397 g/mol. The van der Waals surface area contributed by atoms with Crippen LogP contribution in [0.25, 0.3) is 0 Å². The van der Waals surface area contributed by atoms with Crippen molar-refractivity contribution >= 4 is 0 Å². The van der Waals surface area contributed by atoms with Crippen molar-refractivity contribution in [3.8, 4) is 23.0 Å². The summed E-state index contributed by atoms with van der Waals surface area (Å²) in [6.45, 7) is 6.95. The second kappa shape index (κ2) is 7.64.